The van der Waals surface area contributed by atoms with E-state index in [1.165, 1.54) is 31.2 Å². The lowest BCUT2D eigenvalue weighted by atomic mass is 9.79. The van der Waals surface area contributed by atoms with Gasteiger partial charge in [-0.3, -0.25) is 0 Å². The standard InChI is InChI=1S/C26H43N3O2/c1-26(2,3)31-25(30)29-19-10-16-24(29)22-14-8-9-15-23(22)27-17-11-18-28(4)20-21-12-6-5-7-13-21/h5-7,12-13,22-24,27H,8-11,14-20H2,1-4H3. The molecule has 5 nitrogen and oxygen atoms in total. The van der Waals surface area contributed by atoms with Gasteiger partial charge in [0.2, 0.25) is 0 Å². The van der Waals surface area contributed by atoms with Crippen molar-refractivity contribution in [3.8, 4) is 0 Å². The minimum atomic E-state index is -0.430. The van der Waals surface area contributed by atoms with Gasteiger partial charge < -0.3 is 19.9 Å². The van der Waals surface area contributed by atoms with Crippen LogP contribution in [-0.2, 0) is 11.3 Å². The van der Waals surface area contributed by atoms with Gasteiger partial charge in [0.05, 0.1) is 0 Å². The molecule has 1 amide bonds. The summed E-state index contributed by atoms with van der Waals surface area (Å²) in [5.74, 6) is 0.547. The fourth-order valence-corrected chi connectivity index (χ4v) is 5.27. The number of hydrogen-bond acceptors (Lipinski definition) is 4. The van der Waals surface area contributed by atoms with E-state index in [-0.39, 0.29) is 6.09 Å². The van der Waals surface area contributed by atoms with E-state index in [1.54, 1.807) is 0 Å². The van der Waals surface area contributed by atoms with Crippen LogP contribution in [0.2, 0.25) is 0 Å². The molecule has 1 aromatic carbocycles. The molecule has 3 unspecified atom stereocenters. The molecule has 174 valence electrons. The van der Waals surface area contributed by atoms with E-state index in [2.05, 4.69) is 47.6 Å². The van der Waals surface area contributed by atoms with Crippen LogP contribution < -0.4 is 5.32 Å². The Balaban J connectivity index is 1.47. The smallest absolute Gasteiger partial charge is 0.410 e. The van der Waals surface area contributed by atoms with Crippen molar-refractivity contribution in [3.05, 3.63) is 35.9 Å². The average molecular weight is 430 g/mol. The van der Waals surface area contributed by atoms with Gasteiger partial charge in [0.15, 0.2) is 0 Å². The monoisotopic (exact) mass is 429 g/mol. The van der Waals surface area contributed by atoms with E-state index < -0.39 is 5.60 Å². The molecule has 3 atom stereocenters. The minimum absolute atomic E-state index is 0.123. The normalized spacial score (nSPS) is 24.5. The van der Waals surface area contributed by atoms with E-state index >= 15 is 0 Å². The van der Waals surface area contributed by atoms with Gasteiger partial charge in [-0.05, 0) is 84.5 Å². The molecule has 1 N–H and O–H groups in total. The number of amides is 1. The summed E-state index contributed by atoms with van der Waals surface area (Å²) >= 11 is 0. The summed E-state index contributed by atoms with van der Waals surface area (Å²) in [4.78, 5) is 17.2. The molecule has 1 aromatic rings. The highest BCUT2D eigenvalue weighted by atomic mass is 16.6. The number of likely N-dealkylation sites (tertiary alicyclic amines) is 1. The first kappa shape index (κ1) is 24.1. The lowest BCUT2D eigenvalue weighted by molar-refractivity contribution is 0.0133. The second-order valence-electron chi connectivity index (χ2n) is 10.5. The molecule has 0 spiro atoms. The van der Waals surface area contributed by atoms with E-state index in [0.717, 1.165) is 45.4 Å². The molecule has 3 rings (SSSR count). The maximum atomic E-state index is 12.8. The maximum absolute atomic E-state index is 12.8. The molecule has 1 aliphatic carbocycles. The van der Waals surface area contributed by atoms with Crippen LogP contribution in [0.4, 0.5) is 4.79 Å². The zero-order valence-corrected chi connectivity index (χ0v) is 20.1. The number of nitrogens with one attached hydrogen (secondary N) is 1. The summed E-state index contributed by atoms with van der Waals surface area (Å²) in [6.07, 6.45) is 8.25. The minimum Gasteiger partial charge on any atom is -0.444 e. The molecular weight excluding hydrogens is 386 g/mol. The Kier molecular flexibility index (Phi) is 8.79. The summed E-state index contributed by atoms with van der Waals surface area (Å²) < 4.78 is 5.71. The molecule has 1 saturated carbocycles. The lowest BCUT2D eigenvalue weighted by Crippen LogP contribution is -2.51. The quantitative estimate of drug-likeness (QED) is 0.587. The summed E-state index contributed by atoms with van der Waals surface area (Å²) in [5.41, 5.74) is 0.939. The van der Waals surface area contributed by atoms with Crippen molar-refractivity contribution >= 4 is 6.09 Å². The highest BCUT2D eigenvalue weighted by Gasteiger charge is 2.40. The number of hydrogen-bond donors (Lipinski definition) is 1. The Morgan fingerprint density at radius 1 is 1.13 bits per heavy atom. The maximum Gasteiger partial charge on any atom is 0.410 e. The summed E-state index contributed by atoms with van der Waals surface area (Å²) in [6, 6.07) is 11.5. The Morgan fingerprint density at radius 2 is 1.87 bits per heavy atom. The molecule has 5 heteroatoms. The summed E-state index contributed by atoms with van der Waals surface area (Å²) in [6.45, 7) is 9.83. The number of rotatable bonds is 8. The molecule has 1 aliphatic heterocycles. The molecule has 2 fully saturated rings. The molecule has 1 heterocycles. The van der Waals surface area contributed by atoms with Gasteiger partial charge >= 0.3 is 6.09 Å². The highest BCUT2D eigenvalue weighted by Crippen LogP contribution is 2.35. The largest absolute Gasteiger partial charge is 0.444 e. The number of benzene rings is 1. The van der Waals surface area contributed by atoms with Crippen LogP contribution in [-0.4, -0.2) is 60.3 Å². The first-order valence-corrected chi connectivity index (χ1v) is 12.3. The van der Waals surface area contributed by atoms with Crippen molar-refractivity contribution in [2.45, 2.75) is 89.9 Å². The van der Waals surface area contributed by atoms with Crippen molar-refractivity contribution in [1.29, 1.82) is 0 Å². The van der Waals surface area contributed by atoms with Crippen LogP contribution in [0.3, 0.4) is 0 Å². The number of carbonyl (C=O) groups is 1. The molecule has 0 aromatic heterocycles. The topological polar surface area (TPSA) is 44.8 Å². The van der Waals surface area contributed by atoms with Gasteiger partial charge in [0.25, 0.3) is 0 Å². The first-order valence-electron chi connectivity index (χ1n) is 12.3. The van der Waals surface area contributed by atoms with Crippen molar-refractivity contribution in [1.82, 2.24) is 15.1 Å². The highest BCUT2D eigenvalue weighted by molar-refractivity contribution is 5.69. The second-order valence-corrected chi connectivity index (χ2v) is 10.5. The van der Waals surface area contributed by atoms with Crippen molar-refractivity contribution < 1.29 is 9.53 Å². The molecule has 0 radical (unpaired) electrons. The average Bonchev–Trinajstić information content (AvgIpc) is 3.21. The molecule has 31 heavy (non-hydrogen) atoms. The van der Waals surface area contributed by atoms with Crippen LogP contribution in [0.15, 0.2) is 30.3 Å². The second kappa shape index (κ2) is 11.3. The van der Waals surface area contributed by atoms with Crippen LogP contribution in [0.25, 0.3) is 0 Å². The molecule has 2 aliphatic rings. The first-order chi connectivity index (χ1) is 14.8. The predicted octanol–water partition coefficient (Wildman–Crippen LogP) is 5.06. The van der Waals surface area contributed by atoms with Gasteiger partial charge in [0.1, 0.15) is 5.60 Å². The van der Waals surface area contributed by atoms with Crippen molar-refractivity contribution in [2.24, 2.45) is 5.92 Å². The fraction of sp³-hybridized carbons (Fsp3) is 0.731. The summed E-state index contributed by atoms with van der Waals surface area (Å²) in [5, 5.41) is 3.87. The molecule has 0 bridgehead atoms. The number of nitrogens with zero attached hydrogens (tertiary/aromatic N) is 2. The van der Waals surface area contributed by atoms with Gasteiger partial charge in [-0.15, -0.1) is 0 Å². The fourth-order valence-electron chi connectivity index (χ4n) is 5.27. The van der Waals surface area contributed by atoms with Crippen LogP contribution >= 0.6 is 0 Å². The Labute approximate surface area is 189 Å². The Morgan fingerprint density at radius 3 is 2.61 bits per heavy atom. The third kappa shape index (κ3) is 7.50. The van der Waals surface area contributed by atoms with Gasteiger partial charge in [0, 0.05) is 25.2 Å². The third-order valence-corrected chi connectivity index (χ3v) is 6.66. The van der Waals surface area contributed by atoms with Crippen LogP contribution in [0.5, 0.6) is 0 Å². The summed E-state index contributed by atoms with van der Waals surface area (Å²) in [7, 11) is 2.20. The van der Waals surface area contributed by atoms with Crippen molar-refractivity contribution in [3.63, 3.8) is 0 Å². The van der Waals surface area contributed by atoms with Gasteiger partial charge in [-0.1, -0.05) is 43.2 Å². The Bertz CT molecular complexity index is 673. The Hall–Kier alpha value is -1.59. The zero-order valence-electron chi connectivity index (χ0n) is 20.1. The SMILES string of the molecule is CN(CCCNC1CCCCC1C1CCCN1C(=O)OC(C)(C)C)Cc1ccccc1. The van der Waals surface area contributed by atoms with E-state index in [4.69, 9.17) is 4.74 Å². The van der Waals surface area contributed by atoms with Crippen LogP contribution in [0.1, 0.15) is 71.3 Å². The van der Waals surface area contributed by atoms with Crippen LogP contribution in [0, 0.1) is 5.92 Å². The van der Waals surface area contributed by atoms with Gasteiger partial charge in [-0.25, -0.2) is 4.79 Å². The number of carbonyl (C=O) groups excluding carboxylic acids is 1. The van der Waals surface area contributed by atoms with E-state index in [0.29, 0.717) is 18.0 Å². The lowest BCUT2D eigenvalue weighted by Gasteiger charge is -2.40. The van der Waals surface area contributed by atoms with E-state index in [9.17, 15) is 4.79 Å². The molecular formula is C26H43N3O2. The third-order valence-electron chi connectivity index (χ3n) is 6.66. The number of ether oxygens (including phenoxy) is 1. The van der Waals surface area contributed by atoms with Gasteiger partial charge in [-0.2, -0.15) is 0 Å². The van der Waals surface area contributed by atoms with Crippen molar-refractivity contribution in [2.75, 3.05) is 26.7 Å². The zero-order chi connectivity index (χ0) is 22.3. The predicted molar refractivity (Wildman–Crippen MR) is 127 cm³/mol. The molecule has 1 saturated heterocycles. The van der Waals surface area contributed by atoms with E-state index in [1.807, 2.05) is 25.7 Å².